The van der Waals surface area contributed by atoms with Gasteiger partial charge in [-0.1, -0.05) is 48.0 Å². The first-order valence-corrected chi connectivity index (χ1v) is 14.0. The number of aryl methyl sites for hydroxylation is 1. The van der Waals surface area contributed by atoms with E-state index in [4.69, 9.17) is 23.2 Å². The molecule has 0 saturated heterocycles. The van der Waals surface area contributed by atoms with E-state index in [9.17, 15) is 18.0 Å². The predicted molar refractivity (Wildman–Crippen MR) is 163 cm³/mol. The van der Waals surface area contributed by atoms with Crippen LogP contribution in [0.2, 0.25) is 0 Å². The Kier molecular flexibility index (Phi) is 10.3. The standard InChI is InChI=1S/C32H31F3N6OS/c1-22-6-12-27(13-7-22)39-31(43)40(19-25-4-2-3-5-29(25)32(33,34)35)20-26(16-37)30(42)14-28-17-38-21-41(28)18-24-10-8-23(15-36)9-11-24/h2-13,17,21,26H,14,16,18-20,37H2,1H3,(H,39,43)/t26-/m0/s1. The van der Waals surface area contributed by atoms with Crippen molar-refractivity contribution in [2.75, 3.05) is 18.4 Å². The molecule has 0 bridgehead atoms. The number of halogens is 3. The maximum Gasteiger partial charge on any atom is 0.416 e. The van der Waals surface area contributed by atoms with Crippen LogP contribution in [0.3, 0.4) is 0 Å². The summed E-state index contributed by atoms with van der Waals surface area (Å²) in [5, 5.41) is 12.3. The summed E-state index contributed by atoms with van der Waals surface area (Å²) in [5.74, 6) is -0.898. The van der Waals surface area contributed by atoms with Crippen LogP contribution in [0.4, 0.5) is 18.9 Å². The zero-order chi connectivity index (χ0) is 31.0. The Hall–Kier alpha value is -4.53. The lowest BCUT2D eigenvalue weighted by molar-refractivity contribution is -0.138. The van der Waals surface area contributed by atoms with Crippen LogP contribution in [0, 0.1) is 24.2 Å². The molecule has 0 unspecified atom stereocenters. The van der Waals surface area contributed by atoms with Crippen molar-refractivity contribution < 1.29 is 18.0 Å². The fourth-order valence-corrected chi connectivity index (χ4v) is 4.87. The molecule has 3 aromatic carbocycles. The number of anilines is 1. The summed E-state index contributed by atoms with van der Waals surface area (Å²) in [4.78, 5) is 19.3. The zero-order valence-corrected chi connectivity index (χ0v) is 24.3. The summed E-state index contributed by atoms with van der Waals surface area (Å²) in [7, 11) is 0. The number of alkyl halides is 3. The molecule has 1 aromatic heterocycles. The van der Waals surface area contributed by atoms with Crippen molar-refractivity contribution >= 4 is 28.8 Å². The first kappa shape index (κ1) is 31.4. The number of nitriles is 1. The van der Waals surface area contributed by atoms with E-state index in [2.05, 4.69) is 16.4 Å². The number of imidazole rings is 1. The summed E-state index contributed by atoms with van der Waals surface area (Å²) < 4.78 is 43.3. The van der Waals surface area contributed by atoms with Crippen molar-refractivity contribution in [1.29, 1.82) is 5.26 Å². The van der Waals surface area contributed by atoms with E-state index in [0.717, 1.165) is 17.2 Å². The predicted octanol–water partition coefficient (Wildman–Crippen LogP) is 5.72. The van der Waals surface area contributed by atoms with Crippen LogP contribution in [0.15, 0.2) is 85.3 Å². The van der Waals surface area contributed by atoms with Gasteiger partial charge >= 0.3 is 6.18 Å². The van der Waals surface area contributed by atoms with Gasteiger partial charge in [0.05, 0.1) is 23.5 Å². The van der Waals surface area contributed by atoms with Crippen LogP contribution in [0.1, 0.15) is 33.5 Å². The summed E-state index contributed by atoms with van der Waals surface area (Å²) in [6.07, 6.45) is -1.29. The van der Waals surface area contributed by atoms with E-state index < -0.39 is 17.7 Å². The van der Waals surface area contributed by atoms with Gasteiger partial charge in [0.2, 0.25) is 0 Å². The van der Waals surface area contributed by atoms with Crippen molar-refractivity contribution in [2.24, 2.45) is 11.7 Å². The molecule has 1 heterocycles. The van der Waals surface area contributed by atoms with Crippen molar-refractivity contribution in [3.8, 4) is 6.07 Å². The third-order valence-corrected chi connectivity index (χ3v) is 7.40. The summed E-state index contributed by atoms with van der Waals surface area (Å²) >= 11 is 5.65. The Balaban J connectivity index is 1.54. The second-order valence-electron chi connectivity index (χ2n) is 10.2. The molecule has 0 saturated carbocycles. The molecule has 7 nitrogen and oxygen atoms in total. The fraction of sp³-hybridized carbons (Fsp3) is 0.250. The smallest absolute Gasteiger partial charge is 0.344 e. The number of hydrogen-bond acceptors (Lipinski definition) is 5. The maximum atomic E-state index is 13.8. The number of nitrogens with zero attached hydrogens (tertiary/aromatic N) is 4. The molecule has 11 heteroatoms. The summed E-state index contributed by atoms with van der Waals surface area (Å²) in [6, 6.07) is 22.0. The van der Waals surface area contributed by atoms with Gasteiger partial charge in [-0.15, -0.1) is 0 Å². The number of carbonyl (C=O) groups excluding carboxylic acids is 1. The van der Waals surface area contributed by atoms with Crippen molar-refractivity contribution in [3.05, 3.63) is 119 Å². The average Bonchev–Trinajstić information content (AvgIpc) is 3.42. The average molecular weight is 605 g/mol. The number of aromatic nitrogens is 2. The molecule has 0 aliphatic carbocycles. The molecule has 0 fully saturated rings. The Bertz CT molecular complexity index is 1590. The molecule has 222 valence electrons. The van der Waals surface area contributed by atoms with Gasteiger partial charge in [0.25, 0.3) is 0 Å². The fourth-order valence-electron chi connectivity index (χ4n) is 4.61. The maximum absolute atomic E-state index is 13.8. The second kappa shape index (κ2) is 14.1. The lowest BCUT2D eigenvalue weighted by atomic mass is 9.99. The van der Waals surface area contributed by atoms with Gasteiger partial charge < -0.3 is 20.5 Å². The van der Waals surface area contributed by atoms with E-state index in [1.54, 1.807) is 35.6 Å². The van der Waals surface area contributed by atoms with E-state index in [0.29, 0.717) is 23.5 Å². The van der Waals surface area contributed by atoms with Gasteiger partial charge in [-0.2, -0.15) is 18.4 Å². The van der Waals surface area contributed by atoms with E-state index in [1.165, 1.54) is 12.1 Å². The highest BCUT2D eigenvalue weighted by molar-refractivity contribution is 7.80. The molecule has 0 aliphatic rings. The molecule has 43 heavy (non-hydrogen) atoms. The topological polar surface area (TPSA) is 100.0 Å². The molecule has 0 amide bonds. The first-order chi connectivity index (χ1) is 20.6. The highest BCUT2D eigenvalue weighted by Crippen LogP contribution is 2.32. The quantitative estimate of drug-likeness (QED) is 0.212. The molecule has 0 radical (unpaired) electrons. The molecule has 1 atom stereocenters. The van der Waals surface area contributed by atoms with Crippen molar-refractivity contribution in [2.45, 2.75) is 32.6 Å². The van der Waals surface area contributed by atoms with E-state index >= 15 is 0 Å². The molecule has 0 aliphatic heterocycles. The number of ketones is 1. The molecular weight excluding hydrogens is 573 g/mol. The number of benzene rings is 3. The van der Waals surface area contributed by atoms with Crippen LogP contribution in [-0.2, 0) is 30.5 Å². The van der Waals surface area contributed by atoms with Crippen LogP contribution in [0.25, 0.3) is 0 Å². The Morgan fingerprint density at radius 2 is 1.81 bits per heavy atom. The van der Waals surface area contributed by atoms with Crippen LogP contribution in [-0.4, -0.2) is 38.4 Å². The van der Waals surface area contributed by atoms with Gasteiger partial charge in [0.1, 0.15) is 5.78 Å². The second-order valence-corrected chi connectivity index (χ2v) is 10.6. The number of nitrogens with two attached hydrogens (primary N) is 1. The molecule has 4 rings (SSSR count). The van der Waals surface area contributed by atoms with Crippen molar-refractivity contribution in [1.82, 2.24) is 14.5 Å². The number of thiocarbonyl (C=S) groups is 1. The first-order valence-electron chi connectivity index (χ1n) is 13.6. The Labute approximate surface area is 253 Å². The Morgan fingerprint density at radius 1 is 1.12 bits per heavy atom. The van der Waals surface area contributed by atoms with Crippen molar-refractivity contribution in [3.63, 3.8) is 0 Å². The number of carbonyl (C=O) groups is 1. The number of Topliss-reactive ketones (excluding diaryl/α,β-unsaturated/α-hetero) is 1. The van der Waals surface area contributed by atoms with Gasteiger partial charge in [0.15, 0.2) is 5.11 Å². The lowest BCUT2D eigenvalue weighted by Crippen LogP contribution is -2.43. The highest BCUT2D eigenvalue weighted by atomic mass is 32.1. The number of hydrogen-bond donors (Lipinski definition) is 2. The largest absolute Gasteiger partial charge is 0.416 e. The summed E-state index contributed by atoms with van der Waals surface area (Å²) in [5.41, 5.74) is 9.20. The Morgan fingerprint density at radius 3 is 2.47 bits per heavy atom. The SMILES string of the molecule is Cc1ccc(NC(=S)N(Cc2ccccc2C(F)(F)F)C[C@H](CN)C(=O)Cc2cncn2Cc2ccc(C#N)cc2)cc1. The number of rotatable bonds is 11. The van der Waals surface area contributed by atoms with Crippen LogP contribution < -0.4 is 11.1 Å². The van der Waals surface area contributed by atoms with Crippen LogP contribution in [0.5, 0.6) is 0 Å². The van der Waals surface area contributed by atoms with E-state index in [-0.39, 0.29) is 42.5 Å². The van der Waals surface area contributed by atoms with E-state index in [1.807, 2.05) is 47.9 Å². The zero-order valence-electron chi connectivity index (χ0n) is 23.5. The molecular formula is C32H31F3N6OS. The monoisotopic (exact) mass is 604 g/mol. The third-order valence-electron chi connectivity index (χ3n) is 7.04. The minimum Gasteiger partial charge on any atom is -0.344 e. The molecule has 0 spiro atoms. The normalized spacial score (nSPS) is 11.9. The number of nitrogens with one attached hydrogen (secondary N) is 1. The third kappa shape index (κ3) is 8.50. The summed E-state index contributed by atoms with van der Waals surface area (Å²) in [6.45, 7) is 2.21. The lowest BCUT2D eigenvalue weighted by Gasteiger charge is -2.30. The van der Waals surface area contributed by atoms with Crippen LogP contribution >= 0.6 is 12.2 Å². The van der Waals surface area contributed by atoms with Gasteiger partial charge in [0, 0.05) is 56.1 Å². The van der Waals surface area contributed by atoms with Gasteiger partial charge in [-0.3, -0.25) is 4.79 Å². The highest BCUT2D eigenvalue weighted by Gasteiger charge is 2.34. The molecule has 3 N–H and O–H groups in total. The minimum atomic E-state index is -4.55. The minimum absolute atomic E-state index is 0.0168. The van der Waals surface area contributed by atoms with Gasteiger partial charge in [-0.25, -0.2) is 4.98 Å². The van der Waals surface area contributed by atoms with Gasteiger partial charge in [-0.05, 0) is 60.6 Å². The molecule has 4 aromatic rings.